The van der Waals surface area contributed by atoms with Crippen LogP contribution >= 0.6 is 0 Å². The molecule has 0 atom stereocenters. The second-order valence-corrected chi connectivity index (χ2v) is 15.1. The summed E-state index contributed by atoms with van der Waals surface area (Å²) in [5, 5.41) is 0. The molecule has 0 unspecified atom stereocenters. The molecular formula is C52H42N2. The van der Waals surface area contributed by atoms with Crippen LogP contribution in [0.4, 0.5) is 0 Å². The summed E-state index contributed by atoms with van der Waals surface area (Å²) < 4.78 is 0. The second-order valence-electron chi connectivity index (χ2n) is 15.1. The molecule has 2 heteroatoms. The van der Waals surface area contributed by atoms with Crippen LogP contribution in [0.5, 0.6) is 0 Å². The van der Waals surface area contributed by atoms with Gasteiger partial charge in [-0.25, -0.2) is 9.97 Å². The van der Waals surface area contributed by atoms with E-state index in [1.807, 2.05) is 0 Å². The van der Waals surface area contributed by atoms with Crippen molar-refractivity contribution < 1.29 is 0 Å². The van der Waals surface area contributed by atoms with Gasteiger partial charge in [0.1, 0.15) is 0 Å². The lowest BCUT2D eigenvalue weighted by atomic mass is 9.68. The molecule has 1 aromatic heterocycles. The average molecular weight is 695 g/mol. The standard InChI is InChI=1S/C52H42N2/c1-5-16-36(17-6-1)45-33-39(40-27-29-48-46(34-40)44-24-11-12-25-47(44)52(48)30-13-4-14-31-52)26-28-43(45)41-22-15-23-42(32-41)50-35-49(37-18-7-2-8-19-37)53-51(54-50)38-20-9-3-10-21-38/h1-3,5-9,11-12,15-20,22-29,32-35H,4,10,13-14,21,30-31H2. The first-order valence-electron chi connectivity index (χ1n) is 19.6. The molecule has 0 bridgehead atoms. The van der Waals surface area contributed by atoms with Gasteiger partial charge in [-0.05, 0) is 111 Å². The largest absolute Gasteiger partial charge is 0.228 e. The molecule has 7 aromatic rings. The fraction of sp³-hybridized carbons (Fsp3) is 0.154. The Bertz CT molecular complexity index is 2570. The van der Waals surface area contributed by atoms with Gasteiger partial charge in [-0.15, -0.1) is 0 Å². The summed E-state index contributed by atoms with van der Waals surface area (Å²) in [6.45, 7) is 0. The lowest BCUT2D eigenvalue weighted by Gasteiger charge is -2.36. The summed E-state index contributed by atoms with van der Waals surface area (Å²) in [4.78, 5) is 10.3. The van der Waals surface area contributed by atoms with E-state index >= 15 is 0 Å². The molecule has 3 aliphatic carbocycles. The van der Waals surface area contributed by atoms with Gasteiger partial charge in [-0.2, -0.15) is 0 Å². The summed E-state index contributed by atoms with van der Waals surface area (Å²) >= 11 is 0. The van der Waals surface area contributed by atoms with Crippen molar-refractivity contribution in [2.75, 3.05) is 0 Å². The van der Waals surface area contributed by atoms with Crippen LogP contribution < -0.4 is 0 Å². The molecular weight excluding hydrogens is 653 g/mol. The van der Waals surface area contributed by atoms with Crippen LogP contribution in [0.1, 0.15) is 61.9 Å². The van der Waals surface area contributed by atoms with Gasteiger partial charge >= 0.3 is 0 Å². The number of allylic oxidation sites excluding steroid dienone is 4. The Kier molecular flexibility index (Phi) is 8.25. The Morgan fingerprint density at radius 3 is 1.85 bits per heavy atom. The highest BCUT2D eigenvalue weighted by atomic mass is 14.9. The maximum atomic E-state index is 5.18. The number of aromatic nitrogens is 2. The molecule has 3 aliphatic rings. The summed E-state index contributed by atoms with van der Waals surface area (Å²) in [6, 6.07) is 55.8. The molecule has 0 amide bonds. The number of nitrogens with zero attached hydrogens (tertiary/aromatic N) is 2. The lowest BCUT2D eigenvalue weighted by molar-refractivity contribution is 0.353. The Morgan fingerprint density at radius 2 is 1.07 bits per heavy atom. The maximum Gasteiger partial charge on any atom is 0.156 e. The molecule has 1 heterocycles. The SMILES string of the molecule is C1=CCCC(c2nc(-c3ccccc3)cc(-c3cccc(-c4ccc(-c5ccc6c(c5)-c5ccccc5C65CCCCC5)cc4-c4ccccc4)c3)n2)=C1. The first kappa shape index (κ1) is 32.5. The highest BCUT2D eigenvalue weighted by Crippen LogP contribution is 2.56. The quantitative estimate of drug-likeness (QED) is 0.173. The van der Waals surface area contributed by atoms with Crippen molar-refractivity contribution in [3.8, 4) is 67.0 Å². The summed E-state index contributed by atoms with van der Waals surface area (Å²) in [5.41, 5.74) is 18.6. The third kappa shape index (κ3) is 5.74. The van der Waals surface area contributed by atoms with Crippen LogP contribution in [0, 0.1) is 0 Å². The third-order valence-electron chi connectivity index (χ3n) is 12.0. The van der Waals surface area contributed by atoms with Crippen molar-refractivity contribution in [1.29, 1.82) is 0 Å². The Balaban J connectivity index is 1.08. The third-order valence-corrected chi connectivity index (χ3v) is 12.0. The van der Waals surface area contributed by atoms with E-state index in [-0.39, 0.29) is 5.41 Å². The molecule has 6 aromatic carbocycles. The molecule has 10 rings (SSSR count). The first-order chi connectivity index (χ1) is 26.7. The monoisotopic (exact) mass is 694 g/mol. The molecule has 0 radical (unpaired) electrons. The fourth-order valence-corrected chi connectivity index (χ4v) is 9.30. The van der Waals surface area contributed by atoms with Gasteiger partial charge < -0.3 is 0 Å². The zero-order chi connectivity index (χ0) is 35.9. The van der Waals surface area contributed by atoms with Gasteiger partial charge in [0.25, 0.3) is 0 Å². The van der Waals surface area contributed by atoms with Crippen molar-refractivity contribution in [1.82, 2.24) is 9.97 Å². The topological polar surface area (TPSA) is 25.8 Å². The highest BCUT2D eigenvalue weighted by Gasteiger charge is 2.43. The molecule has 1 saturated carbocycles. The highest BCUT2D eigenvalue weighted by molar-refractivity contribution is 5.90. The summed E-state index contributed by atoms with van der Waals surface area (Å²) in [7, 11) is 0. The molecule has 1 fully saturated rings. The van der Waals surface area contributed by atoms with Crippen LogP contribution in [-0.2, 0) is 5.41 Å². The van der Waals surface area contributed by atoms with Crippen LogP contribution in [0.2, 0.25) is 0 Å². The molecule has 0 saturated heterocycles. The average Bonchev–Trinajstić information content (AvgIpc) is 3.52. The van der Waals surface area contributed by atoms with Crippen LogP contribution in [0.15, 0.2) is 170 Å². The minimum absolute atomic E-state index is 0.170. The normalized spacial score (nSPS) is 15.4. The molecule has 54 heavy (non-hydrogen) atoms. The van der Waals surface area contributed by atoms with Gasteiger partial charge in [-0.1, -0.05) is 165 Å². The zero-order valence-electron chi connectivity index (χ0n) is 30.5. The van der Waals surface area contributed by atoms with E-state index in [2.05, 4.69) is 170 Å². The van der Waals surface area contributed by atoms with Crippen molar-refractivity contribution in [2.24, 2.45) is 0 Å². The lowest BCUT2D eigenvalue weighted by Crippen LogP contribution is -2.27. The van der Waals surface area contributed by atoms with E-state index in [1.54, 1.807) is 0 Å². The number of hydrogen-bond donors (Lipinski definition) is 0. The minimum atomic E-state index is 0.170. The molecule has 1 spiro atoms. The Morgan fingerprint density at radius 1 is 0.426 bits per heavy atom. The van der Waals surface area contributed by atoms with E-state index < -0.39 is 0 Å². The van der Waals surface area contributed by atoms with Crippen molar-refractivity contribution >= 4 is 5.57 Å². The van der Waals surface area contributed by atoms with E-state index in [0.29, 0.717) is 0 Å². The van der Waals surface area contributed by atoms with Gasteiger partial charge in [-0.3, -0.25) is 0 Å². The second kappa shape index (κ2) is 13.7. The number of benzene rings is 6. The van der Waals surface area contributed by atoms with Crippen molar-refractivity contribution in [3.05, 3.63) is 187 Å². The van der Waals surface area contributed by atoms with E-state index in [9.17, 15) is 0 Å². The predicted molar refractivity (Wildman–Crippen MR) is 225 cm³/mol. The van der Waals surface area contributed by atoms with E-state index in [0.717, 1.165) is 41.2 Å². The summed E-state index contributed by atoms with van der Waals surface area (Å²) in [6.07, 6.45) is 14.9. The van der Waals surface area contributed by atoms with Gasteiger partial charge in [0.05, 0.1) is 11.4 Å². The van der Waals surface area contributed by atoms with Gasteiger partial charge in [0.15, 0.2) is 5.82 Å². The number of rotatable bonds is 6. The van der Waals surface area contributed by atoms with Crippen LogP contribution in [-0.4, -0.2) is 9.97 Å². The Labute approximate surface area is 318 Å². The molecule has 2 nitrogen and oxygen atoms in total. The zero-order valence-corrected chi connectivity index (χ0v) is 30.5. The Hall–Kier alpha value is -6.12. The predicted octanol–water partition coefficient (Wildman–Crippen LogP) is 13.8. The van der Waals surface area contributed by atoms with Crippen molar-refractivity contribution in [2.45, 2.75) is 50.4 Å². The van der Waals surface area contributed by atoms with E-state index in [1.165, 1.54) is 93.3 Å². The summed E-state index contributed by atoms with van der Waals surface area (Å²) in [5.74, 6) is 0.807. The first-order valence-corrected chi connectivity index (χ1v) is 19.6. The molecule has 260 valence electrons. The number of hydrogen-bond acceptors (Lipinski definition) is 2. The molecule has 0 N–H and O–H groups in total. The van der Waals surface area contributed by atoms with Gasteiger partial charge in [0.2, 0.25) is 0 Å². The van der Waals surface area contributed by atoms with Crippen molar-refractivity contribution in [3.63, 3.8) is 0 Å². The number of fused-ring (bicyclic) bond motifs is 5. The minimum Gasteiger partial charge on any atom is -0.228 e. The molecule has 0 aliphatic heterocycles. The van der Waals surface area contributed by atoms with Crippen LogP contribution in [0.25, 0.3) is 72.6 Å². The van der Waals surface area contributed by atoms with Gasteiger partial charge in [0, 0.05) is 16.5 Å². The fourth-order valence-electron chi connectivity index (χ4n) is 9.30. The van der Waals surface area contributed by atoms with Crippen LogP contribution in [0.3, 0.4) is 0 Å². The maximum absolute atomic E-state index is 5.18. The van der Waals surface area contributed by atoms with E-state index in [4.69, 9.17) is 9.97 Å². The smallest absolute Gasteiger partial charge is 0.156 e.